The van der Waals surface area contributed by atoms with Gasteiger partial charge in [-0.1, -0.05) is 0 Å². The van der Waals surface area contributed by atoms with E-state index in [1.54, 1.807) is 19.1 Å². The maximum Gasteiger partial charge on any atom is 0.310 e. The molecule has 1 rings (SSSR count). The van der Waals surface area contributed by atoms with Crippen LogP contribution < -0.4 is 0 Å². The van der Waals surface area contributed by atoms with Gasteiger partial charge < -0.3 is 4.74 Å². The van der Waals surface area contributed by atoms with E-state index in [-0.39, 0.29) is 12.4 Å². The summed E-state index contributed by atoms with van der Waals surface area (Å²) in [5, 5.41) is 8.81. The van der Waals surface area contributed by atoms with Gasteiger partial charge in [0.2, 0.25) is 0 Å². The third-order valence-electron chi connectivity index (χ3n) is 2.21. The zero-order valence-electron chi connectivity index (χ0n) is 9.28. The standard InChI is InChI=1S/C12H13NO2S/c1-3-15-12(14)6-9-5-11(16)10(7-13)4-8(9)2/h4-5,16H,3,6H2,1-2H3. The number of nitriles is 1. The average molecular weight is 235 g/mol. The molecule has 84 valence electrons. The van der Waals surface area contributed by atoms with Crippen LogP contribution in [0, 0.1) is 18.3 Å². The lowest BCUT2D eigenvalue weighted by Crippen LogP contribution is -2.08. The van der Waals surface area contributed by atoms with Crippen LogP contribution in [0.2, 0.25) is 0 Å². The fourth-order valence-corrected chi connectivity index (χ4v) is 1.66. The van der Waals surface area contributed by atoms with Crippen LogP contribution in [0.3, 0.4) is 0 Å². The molecule has 0 atom stereocenters. The summed E-state index contributed by atoms with van der Waals surface area (Å²) in [7, 11) is 0. The third-order valence-corrected chi connectivity index (χ3v) is 2.58. The number of aryl methyl sites for hydroxylation is 1. The number of benzene rings is 1. The maximum absolute atomic E-state index is 11.3. The van der Waals surface area contributed by atoms with Crippen LogP contribution in [0.5, 0.6) is 0 Å². The summed E-state index contributed by atoms with van der Waals surface area (Å²) in [6.45, 7) is 4.01. The van der Waals surface area contributed by atoms with Crippen molar-refractivity contribution in [2.75, 3.05) is 6.61 Å². The summed E-state index contributed by atoms with van der Waals surface area (Å²) in [6.07, 6.45) is 0.221. The van der Waals surface area contributed by atoms with Crippen LogP contribution in [-0.2, 0) is 16.0 Å². The van der Waals surface area contributed by atoms with Crippen molar-refractivity contribution in [1.82, 2.24) is 0 Å². The highest BCUT2D eigenvalue weighted by molar-refractivity contribution is 7.80. The summed E-state index contributed by atoms with van der Waals surface area (Å²) >= 11 is 4.19. The minimum Gasteiger partial charge on any atom is -0.466 e. The molecular weight excluding hydrogens is 222 g/mol. The van der Waals surface area contributed by atoms with Gasteiger partial charge in [0, 0.05) is 4.90 Å². The molecule has 0 amide bonds. The predicted molar refractivity (Wildman–Crippen MR) is 63.5 cm³/mol. The number of hydrogen-bond acceptors (Lipinski definition) is 4. The molecule has 0 spiro atoms. The number of ether oxygens (including phenoxy) is 1. The van der Waals surface area contributed by atoms with Crippen molar-refractivity contribution in [1.29, 1.82) is 5.26 Å². The Kier molecular flexibility index (Phi) is 4.39. The zero-order valence-corrected chi connectivity index (χ0v) is 10.2. The molecule has 0 aromatic heterocycles. The molecule has 4 heteroatoms. The summed E-state index contributed by atoms with van der Waals surface area (Å²) < 4.78 is 4.87. The predicted octanol–water partition coefficient (Wildman–Crippen LogP) is 2.26. The van der Waals surface area contributed by atoms with E-state index in [2.05, 4.69) is 12.6 Å². The van der Waals surface area contributed by atoms with E-state index in [1.165, 1.54) is 0 Å². The molecule has 0 aliphatic heterocycles. The van der Waals surface area contributed by atoms with Gasteiger partial charge in [-0.2, -0.15) is 5.26 Å². The molecule has 1 aromatic carbocycles. The largest absolute Gasteiger partial charge is 0.466 e. The van der Waals surface area contributed by atoms with Gasteiger partial charge >= 0.3 is 5.97 Å². The summed E-state index contributed by atoms with van der Waals surface area (Å²) in [5.41, 5.74) is 2.28. The topological polar surface area (TPSA) is 50.1 Å². The van der Waals surface area contributed by atoms with Crippen molar-refractivity contribution in [2.24, 2.45) is 0 Å². The number of nitrogens with zero attached hydrogens (tertiary/aromatic N) is 1. The molecule has 1 aromatic rings. The average Bonchev–Trinajstić information content (AvgIpc) is 2.23. The molecule has 0 radical (unpaired) electrons. The first-order valence-corrected chi connectivity index (χ1v) is 5.41. The normalized spacial score (nSPS) is 9.62. The second-order valence-corrected chi connectivity index (χ2v) is 3.87. The van der Waals surface area contributed by atoms with Gasteiger partial charge in [0.1, 0.15) is 6.07 Å². The molecule has 0 bridgehead atoms. The quantitative estimate of drug-likeness (QED) is 0.646. The van der Waals surface area contributed by atoms with Gasteiger partial charge in [-0.15, -0.1) is 12.6 Å². The first-order chi connectivity index (χ1) is 7.58. The summed E-state index contributed by atoms with van der Waals surface area (Å²) in [6, 6.07) is 5.53. The lowest BCUT2D eigenvalue weighted by molar-refractivity contribution is -0.142. The fraction of sp³-hybridized carbons (Fsp3) is 0.333. The number of thiol groups is 1. The smallest absolute Gasteiger partial charge is 0.310 e. The van der Waals surface area contributed by atoms with E-state index in [4.69, 9.17) is 10.00 Å². The lowest BCUT2D eigenvalue weighted by Gasteiger charge is -2.07. The Labute approximate surface area is 100 Å². The van der Waals surface area contributed by atoms with Gasteiger partial charge in [0.25, 0.3) is 0 Å². The van der Waals surface area contributed by atoms with Crippen molar-refractivity contribution < 1.29 is 9.53 Å². The second kappa shape index (κ2) is 5.57. The highest BCUT2D eigenvalue weighted by Gasteiger charge is 2.09. The minimum atomic E-state index is -0.261. The van der Waals surface area contributed by atoms with Crippen molar-refractivity contribution in [2.45, 2.75) is 25.2 Å². The van der Waals surface area contributed by atoms with Crippen molar-refractivity contribution in [3.05, 3.63) is 28.8 Å². The van der Waals surface area contributed by atoms with E-state index in [0.29, 0.717) is 17.1 Å². The highest BCUT2D eigenvalue weighted by Crippen LogP contribution is 2.19. The van der Waals surface area contributed by atoms with E-state index in [9.17, 15) is 4.79 Å². The lowest BCUT2D eigenvalue weighted by atomic mass is 10.0. The van der Waals surface area contributed by atoms with E-state index < -0.39 is 0 Å². The highest BCUT2D eigenvalue weighted by atomic mass is 32.1. The Morgan fingerprint density at radius 3 is 2.81 bits per heavy atom. The molecule has 0 N–H and O–H groups in total. The molecule has 0 aliphatic rings. The molecule has 16 heavy (non-hydrogen) atoms. The monoisotopic (exact) mass is 235 g/mol. The Morgan fingerprint density at radius 1 is 1.56 bits per heavy atom. The first kappa shape index (κ1) is 12.6. The Hall–Kier alpha value is -1.47. The SMILES string of the molecule is CCOC(=O)Cc1cc(S)c(C#N)cc1C. The number of esters is 1. The maximum atomic E-state index is 11.3. The van der Waals surface area contributed by atoms with Gasteiger partial charge in [-0.05, 0) is 37.1 Å². The van der Waals surface area contributed by atoms with Crippen molar-refractivity contribution in [3.8, 4) is 6.07 Å². The second-order valence-electron chi connectivity index (χ2n) is 3.39. The van der Waals surface area contributed by atoms with Crippen LogP contribution in [-0.4, -0.2) is 12.6 Å². The zero-order chi connectivity index (χ0) is 12.1. The molecule has 0 saturated heterocycles. The van der Waals surface area contributed by atoms with Gasteiger partial charge in [-0.25, -0.2) is 0 Å². The third kappa shape index (κ3) is 3.01. The number of carbonyl (C=O) groups is 1. The van der Waals surface area contributed by atoms with Gasteiger partial charge in [0.15, 0.2) is 0 Å². The number of carbonyl (C=O) groups excluding carboxylic acids is 1. The van der Waals surface area contributed by atoms with Crippen LogP contribution >= 0.6 is 12.6 Å². The number of rotatable bonds is 3. The Bertz CT molecular complexity index is 449. The van der Waals surface area contributed by atoms with Crippen molar-refractivity contribution in [3.63, 3.8) is 0 Å². The molecule has 0 heterocycles. The van der Waals surface area contributed by atoms with Crippen LogP contribution in [0.15, 0.2) is 17.0 Å². The fourth-order valence-electron chi connectivity index (χ4n) is 1.39. The molecule has 0 aliphatic carbocycles. The molecule has 0 fully saturated rings. The van der Waals surface area contributed by atoms with E-state index in [0.717, 1.165) is 11.1 Å². The van der Waals surface area contributed by atoms with Crippen molar-refractivity contribution >= 4 is 18.6 Å². The molecule has 3 nitrogen and oxygen atoms in total. The molecule has 0 unspecified atom stereocenters. The molecular formula is C12H13NO2S. The minimum absolute atomic E-state index is 0.221. The molecule has 0 saturated carbocycles. The summed E-state index contributed by atoms with van der Waals surface area (Å²) in [4.78, 5) is 11.9. The van der Waals surface area contributed by atoms with Gasteiger partial charge in [-0.3, -0.25) is 4.79 Å². The summed E-state index contributed by atoms with van der Waals surface area (Å²) in [5.74, 6) is -0.261. The van der Waals surface area contributed by atoms with Crippen LogP contribution in [0.25, 0.3) is 0 Å². The van der Waals surface area contributed by atoms with E-state index >= 15 is 0 Å². The Morgan fingerprint density at radius 2 is 2.25 bits per heavy atom. The van der Waals surface area contributed by atoms with Crippen LogP contribution in [0.1, 0.15) is 23.6 Å². The first-order valence-electron chi connectivity index (χ1n) is 4.96. The number of hydrogen-bond donors (Lipinski definition) is 1. The van der Waals surface area contributed by atoms with Gasteiger partial charge in [0.05, 0.1) is 18.6 Å². The Balaban J connectivity index is 2.95. The van der Waals surface area contributed by atoms with Crippen LogP contribution in [0.4, 0.5) is 0 Å². The van der Waals surface area contributed by atoms with E-state index in [1.807, 2.05) is 13.0 Å².